The number of benzene rings is 2. The highest BCUT2D eigenvalue weighted by Gasteiger charge is 2.28. The molecule has 3 rings (SSSR count). The van der Waals surface area contributed by atoms with Gasteiger partial charge in [-0.05, 0) is 35.9 Å². The molecule has 110 valence electrons. The summed E-state index contributed by atoms with van der Waals surface area (Å²) in [5.74, 6) is 0.672. The first-order valence-corrected chi connectivity index (χ1v) is 6.97. The zero-order valence-corrected chi connectivity index (χ0v) is 12.5. The summed E-state index contributed by atoms with van der Waals surface area (Å²) in [6, 6.07) is 17.3. The molecule has 0 bridgehead atoms. The van der Waals surface area contributed by atoms with E-state index in [9.17, 15) is 4.79 Å². The first kappa shape index (κ1) is 14.1. The zero-order valence-electron chi connectivity index (χ0n) is 12.5. The number of ether oxygens (including phenoxy) is 1. The monoisotopic (exact) mass is 292 g/mol. The minimum Gasteiger partial charge on any atom is -0.497 e. The molecule has 1 aliphatic heterocycles. The molecule has 0 saturated heterocycles. The number of carbonyl (C=O) groups is 1. The first-order chi connectivity index (χ1) is 10.7. The lowest BCUT2D eigenvalue weighted by atomic mass is 10.0. The number of amides is 1. The van der Waals surface area contributed by atoms with E-state index >= 15 is 0 Å². The predicted octanol–water partition coefficient (Wildman–Crippen LogP) is 2.95. The molecule has 1 amide bonds. The topological polar surface area (TPSA) is 41.9 Å². The summed E-state index contributed by atoms with van der Waals surface area (Å²) in [6.45, 7) is 0. The Hall–Kier alpha value is -2.88. The summed E-state index contributed by atoms with van der Waals surface area (Å²) in [5.41, 5.74) is 3.14. The molecule has 0 atom stereocenters. The van der Waals surface area contributed by atoms with Gasteiger partial charge in [0.25, 0.3) is 5.91 Å². The Kier molecular flexibility index (Phi) is 3.74. The van der Waals surface area contributed by atoms with Crippen LogP contribution in [0.25, 0.3) is 6.08 Å². The Morgan fingerprint density at radius 1 is 1.05 bits per heavy atom. The quantitative estimate of drug-likeness (QED) is 0.816. The Labute approximate surface area is 129 Å². The van der Waals surface area contributed by atoms with Gasteiger partial charge in [0.1, 0.15) is 11.5 Å². The van der Waals surface area contributed by atoms with Crippen LogP contribution in [0.1, 0.15) is 11.1 Å². The van der Waals surface area contributed by atoms with Crippen molar-refractivity contribution in [2.75, 3.05) is 14.2 Å². The maximum absolute atomic E-state index is 12.3. The maximum atomic E-state index is 12.3. The molecule has 0 unspecified atom stereocenters. The highest BCUT2D eigenvalue weighted by Crippen LogP contribution is 2.23. The van der Waals surface area contributed by atoms with Gasteiger partial charge in [-0.15, -0.1) is 0 Å². The van der Waals surface area contributed by atoms with Crippen LogP contribution in [0.2, 0.25) is 0 Å². The number of hydrazone groups is 1. The molecule has 1 aliphatic rings. The second-order valence-electron chi connectivity index (χ2n) is 4.97. The largest absolute Gasteiger partial charge is 0.497 e. The zero-order chi connectivity index (χ0) is 15.5. The third-order valence-electron chi connectivity index (χ3n) is 3.50. The second-order valence-corrected chi connectivity index (χ2v) is 4.97. The van der Waals surface area contributed by atoms with Crippen molar-refractivity contribution in [3.63, 3.8) is 0 Å². The lowest BCUT2D eigenvalue weighted by Crippen LogP contribution is -2.17. The van der Waals surface area contributed by atoms with E-state index in [0.717, 1.165) is 16.9 Å². The molecule has 0 radical (unpaired) electrons. The fourth-order valence-corrected chi connectivity index (χ4v) is 2.33. The maximum Gasteiger partial charge on any atom is 0.276 e. The number of hydrogen-bond acceptors (Lipinski definition) is 3. The SMILES string of the molecule is COc1ccc(C2=NN(C)C(=O)/C2=C\c2ccccc2)cc1. The highest BCUT2D eigenvalue weighted by molar-refractivity contribution is 6.33. The van der Waals surface area contributed by atoms with E-state index < -0.39 is 0 Å². The van der Waals surface area contributed by atoms with Crippen LogP contribution in [0.15, 0.2) is 65.3 Å². The molecule has 0 aromatic heterocycles. The summed E-state index contributed by atoms with van der Waals surface area (Å²) in [4.78, 5) is 12.3. The van der Waals surface area contributed by atoms with Gasteiger partial charge in [0.15, 0.2) is 0 Å². The van der Waals surface area contributed by atoms with E-state index in [1.165, 1.54) is 5.01 Å². The van der Waals surface area contributed by atoms with Gasteiger partial charge in [-0.2, -0.15) is 5.10 Å². The van der Waals surface area contributed by atoms with Crippen molar-refractivity contribution in [2.24, 2.45) is 5.10 Å². The Morgan fingerprint density at radius 2 is 1.73 bits per heavy atom. The fourth-order valence-electron chi connectivity index (χ4n) is 2.33. The molecule has 0 N–H and O–H groups in total. The molecular formula is C18H16N2O2. The average Bonchev–Trinajstić information content (AvgIpc) is 2.84. The molecule has 22 heavy (non-hydrogen) atoms. The van der Waals surface area contributed by atoms with Gasteiger partial charge in [0.05, 0.1) is 12.7 Å². The standard InChI is InChI=1S/C18H16N2O2/c1-20-18(21)16(12-13-6-4-3-5-7-13)17(19-20)14-8-10-15(22-2)11-9-14/h3-12H,1-2H3/b16-12-. The van der Waals surface area contributed by atoms with Crippen molar-refractivity contribution < 1.29 is 9.53 Å². The van der Waals surface area contributed by atoms with Crippen molar-refractivity contribution in [1.82, 2.24) is 5.01 Å². The van der Waals surface area contributed by atoms with Crippen molar-refractivity contribution in [3.8, 4) is 5.75 Å². The van der Waals surface area contributed by atoms with Gasteiger partial charge in [-0.25, -0.2) is 5.01 Å². The molecule has 2 aromatic rings. The average molecular weight is 292 g/mol. The van der Waals surface area contributed by atoms with Crippen LogP contribution >= 0.6 is 0 Å². The molecule has 4 nitrogen and oxygen atoms in total. The van der Waals surface area contributed by atoms with Gasteiger partial charge in [0.2, 0.25) is 0 Å². The molecule has 2 aromatic carbocycles. The third-order valence-corrected chi connectivity index (χ3v) is 3.50. The number of rotatable bonds is 3. The van der Waals surface area contributed by atoms with E-state index in [1.54, 1.807) is 14.2 Å². The van der Waals surface area contributed by atoms with Crippen molar-refractivity contribution in [3.05, 3.63) is 71.3 Å². The normalized spacial score (nSPS) is 16.1. The smallest absolute Gasteiger partial charge is 0.276 e. The summed E-state index contributed by atoms with van der Waals surface area (Å²) in [6.07, 6.45) is 1.87. The Balaban J connectivity index is 2.02. The summed E-state index contributed by atoms with van der Waals surface area (Å²) in [5, 5.41) is 5.73. The molecule has 0 aliphatic carbocycles. The molecule has 4 heteroatoms. The van der Waals surface area contributed by atoms with Gasteiger partial charge >= 0.3 is 0 Å². The first-order valence-electron chi connectivity index (χ1n) is 6.97. The lowest BCUT2D eigenvalue weighted by Gasteiger charge is -2.04. The van der Waals surface area contributed by atoms with Crippen molar-refractivity contribution in [1.29, 1.82) is 0 Å². The lowest BCUT2D eigenvalue weighted by molar-refractivity contribution is -0.124. The summed E-state index contributed by atoms with van der Waals surface area (Å²) < 4.78 is 5.16. The minimum atomic E-state index is -0.102. The van der Waals surface area contributed by atoms with Gasteiger partial charge < -0.3 is 4.74 Å². The molecule has 0 fully saturated rings. The van der Waals surface area contributed by atoms with Gasteiger partial charge in [0, 0.05) is 12.6 Å². The van der Waals surface area contributed by atoms with E-state index in [0.29, 0.717) is 11.3 Å². The van der Waals surface area contributed by atoms with Gasteiger partial charge in [-0.1, -0.05) is 30.3 Å². The Bertz CT molecular complexity index is 746. The van der Waals surface area contributed by atoms with E-state index in [1.807, 2.05) is 60.7 Å². The van der Waals surface area contributed by atoms with Crippen LogP contribution in [0, 0.1) is 0 Å². The van der Waals surface area contributed by atoms with Crippen molar-refractivity contribution >= 4 is 17.7 Å². The molecule has 1 heterocycles. The highest BCUT2D eigenvalue weighted by atomic mass is 16.5. The minimum absolute atomic E-state index is 0.102. The van der Waals surface area contributed by atoms with Crippen molar-refractivity contribution in [2.45, 2.75) is 0 Å². The second kappa shape index (κ2) is 5.85. The van der Waals surface area contributed by atoms with Crippen LogP contribution in [0.4, 0.5) is 0 Å². The molecule has 0 spiro atoms. The fraction of sp³-hybridized carbons (Fsp3) is 0.111. The van der Waals surface area contributed by atoms with Gasteiger partial charge in [-0.3, -0.25) is 4.79 Å². The van der Waals surface area contributed by atoms with Crippen LogP contribution in [0.5, 0.6) is 5.75 Å². The van der Waals surface area contributed by atoms with E-state index in [-0.39, 0.29) is 5.91 Å². The van der Waals surface area contributed by atoms with Crippen LogP contribution in [-0.4, -0.2) is 30.8 Å². The summed E-state index contributed by atoms with van der Waals surface area (Å²) in [7, 11) is 3.29. The number of hydrogen-bond donors (Lipinski definition) is 0. The summed E-state index contributed by atoms with van der Waals surface area (Å²) >= 11 is 0. The number of nitrogens with zero attached hydrogens (tertiary/aromatic N) is 2. The van der Waals surface area contributed by atoms with Crippen LogP contribution in [0.3, 0.4) is 0 Å². The van der Waals surface area contributed by atoms with E-state index in [2.05, 4.69) is 5.10 Å². The number of carbonyl (C=O) groups excluding carboxylic acids is 1. The molecule has 0 saturated carbocycles. The van der Waals surface area contributed by atoms with Crippen LogP contribution < -0.4 is 4.74 Å². The third kappa shape index (κ3) is 2.63. The molecular weight excluding hydrogens is 276 g/mol. The Morgan fingerprint density at radius 3 is 2.36 bits per heavy atom. The van der Waals surface area contributed by atoms with E-state index in [4.69, 9.17) is 4.74 Å². The predicted molar refractivity (Wildman–Crippen MR) is 86.7 cm³/mol. The number of likely N-dealkylation sites (N-methyl/N-ethyl adjacent to an activating group) is 1. The number of methoxy groups -OCH3 is 1. The van der Waals surface area contributed by atoms with Crippen LogP contribution in [-0.2, 0) is 4.79 Å².